The van der Waals surface area contributed by atoms with E-state index in [2.05, 4.69) is 6.58 Å². The number of benzene rings is 1. The van der Waals surface area contributed by atoms with Crippen molar-refractivity contribution in [1.82, 2.24) is 0 Å². The molecule has 3 heteroatoms. The molecule has 0 atom stereocenters. The summed E-state index contributed by atoms with van der Waals surface area (Å²) in [4.78, 5) is 11.5. The van der Waals surface area contributed by atoms with Gasteiger partial charge in [0.15, 0.2) is 11.6 Å². The van der Waals surface area contributed by atoms with E-state index >= 15 is 0 Å². The summed E-state index contributed by atoms with van der Waals surface area (Å²) < 4.78 is 13.3. The van der Waals surface area contributed by atoms with E-state index in [4.69, 9.17) is 11.6 Å². The maximum atomic E-state index is 13.3. The number of Topliss-reactive ketones (excluding diaryl/α,β-unsaturated/α-hetero) is 1. The molecule has 1 nitrogen and oxygen atoms in total. The predicted molar refractivity (Wildman–Crippen MR) is 55.2 cm³/mol. The zero-order valence-electron chi connectivity index (χ0n) is 7.81. The summed E-state index contributed by atoms with van der Waals surface area (Å²) in [5.41, 5.74) is 0.731. The number of halogens is 2. The molecule has 0 aliphatic carbocycles. The van der Waals surface area contributed by atoms with E-state index in [1.807, 2.05) is 0 Å². The highest BCUT2D eigenvalue weighted by Crippen LogP contribution is 2.19. The Morgan fingerprint density at radius 2 is 2.21 bits per heavy atom. The van der Waals surface area contributed by atoms with Crippen molar-refractivity contribution >= 4 is 17.4 Å². The second-order valence-electron chi connectivity index (χ2n) is 3.16. The third kappa shape index (κ3) is 2.42. The summed E-state index contributed by atoms with van der Waals surface area (Å²) in [5.74, 6) is -0.946. The highest BCUT2D eigenvalue weighted by Gasteiger charge is 2.13. The fourth-order valence-corrected chi connectivity index (χ4v) is 1.26. The zero-order valence-corrected chi connectivity index (χ0v) is 8.57. The smallest absolute Gasteiger partial charge is 0.169 e. The van der Waals surface area contributed by atoms with E-state index < -0.39 is 5.82 Å². The molecule has 0 heterocycles. The molecule has 0 aliphatic heterocycles. The third-order valence-electron chi connectivity index (χ3n) is 1.71. The molecule has 0 saturated carbocycles. The summed E-state index contributed by atoms with van der Waals surface area (Å²) in [6.07, 6.45) is 0.150. The first-order chi connectivity index (χ1) is 6.52. The average molecular weight is 213 g/mol. The number of allylic oxidation sites excluding steroid dienone is 1. The van der Waals surface area contributed by atoms with Crippen molar-refractivity contribution in [2.75, 3.05) is 0 Å². The van der Waals surface area contributed by atoms with E-state index in [0.29, 0.717) is 5.57 Å². The van der Waals surface area contributed by atoms with Gasteiger partial charge in [-0.3, -0.25) is 4.79 Å². The van der Waals surface area contributed by atoms with Crippen LogP contribution in [0.4, 0.5) is 4.39 Å². The van der Waals surface area contributed by atoms with Crippen molar-refractivity contribution in [3.63, 3.8) is 0 Å². The Kier molecular flexibility index (Phi) is 3.42. The van der Waals surface area contributed by atoms with Crippen molar-refractivity contribution in [3.8, 4) is 0 Å². The Morgan fingerprint density at radius 1 is 1.57 bits per heavy atom. The van der Waals surface area contributed by atoms with Crippen LogP contribution < -0.4 is 0 Å². The van der Waals surface area contributed by atoms with Gasteiger partial charge in [0.25, 0.3) is 0 Å². The van der Waals surface area contributed by atoms with Crippen molar-refractivity contribution in [1.29, 1.82) is 0 Å². The lowest BCUT2D eigenvalue weighted by Crippen LogP contribution is -2.02. The molecule has 1 aromatic rings. The van der Waals surface area contributed by atoms with E-state index in [1.54, 1.807) is 13.0 Å². The summed E-state index contributed by atoms with van der Waals surface area (Å²) >= 11 is 5.54. The topological polar surface area (TPSA) is 17.1 Å². The molecule has 14 heavy (non-hydrogen) atoms. The van der Waals surface area contributed by atoms with Crippen LogP contribution >= 0.6 is 11.6 Å². The molecule has 0 saturated heterocycles. The quantitative estimate of drug-likeness (QED) is 0.552. The summed E-state index contributed by atoms with van der Waals surface area (Å²) in [6.45, 7) is 5.32. The molecule has 0 amide bonds. The highest BCUT2D eigenvalue weighted by molar-refractivity contribution is 6.31. The van der Waals surface area contributed by atoms with Crippen LogP contribution in [0, 0.1) is 5.82 Å². The minimum absolute atomic E-state index is 0.0282. The Balaban J connectivity index is 3.01. The maximum Gasteiger partial charge on any atom is 0.169 e. The molecule has 0 aliphatic rings. The van der Waals surface area contributed by atoms with Crippen LogP contribution in [0.5, 0.6) is 0 Å². The number of hydrogen-bond donors (Lipinski definition) is 0. The van der Waals surface area contributed by atoms with Gasteiger partial charge in [0.1, 0.15) is 0 Å². The molecule has 0 spiro atoms. The highest BCUT2D eigenvalue weighted by atomic mass is 35.5. The lowest BCUT2D eigenvalue weighted by Gasteiger charge is -2.02. The number of ketones is 1. The molecule has 0 fully saturated rings. The van der Waals surface area contributed by atoms with Gasteiger partial charge in [-0.05, 0) is 19.1 Å². The van der Waals surface area contributed by atoms with Gasteiger partial charge in [-0.1, -0.05) is 29.8 Å². The van der Waals surface area contributed by atoms with Gasteiger partial charge in [-0.25, -0.2) is 4.39 Å². The molecule has 0 N–H and O–H groups in total. The Labute approximate surface area is 87.2 Å². The first-order valence-corrected chi connectivity index (χ1v) is 4.51. The Morgan fingerprint density at radius 3 is 2.79 bits per heavy atom. The van der Waals surface area contributed by atoms with E-state index in [-0.39, 0.29) is 22.8 Å². The normalized spacial score (nSPS) is 9.93. The van der Waals surface area contributed by atoms with Gasteiger partial charge < -0.3 is 0 Å². The fraction of sp³-hybridized carbons (Fsp3) is 0.182. The second kappa shape index (κ2) is 4.38. The molecule has 0 unspecified atom stereocenters. The molecule has 1 aromatic carbocycles. The predicted octanol–water partition coefficient (Wildman–Crippen LogP) is 3.63. The minimum atomic E-state index is -0.652. The summed E-state index contributed by atoms with van der Waals surface area (Å²) in [5, 5.41) is -0.0300. The summed E-state index contributed by atoms with van der Waals surface area (Å²) in [7, 11) is 0. The van der Waals surface area contributed by atoms with Crippen molar-refractivity contribution in [3.05, 3.63) is 46.8 Å². The molecule has 0 bridgehead atoms. The molecule has 1 rings (SSSR count). The number of carbonyl (C=O) groups is 1. The lowest BCUT2D eigenvalue weighted by molar-refractivity contribution is 0.0989. The Hall–Kier alpha value is -1.15. The van der Waals surface area contributed by atoms with Gasteiger partial charge in [0.05, 0.1) is 10.6 Å². The minimum Gasteiger partial charge on any atom is -0.294 e. The maximum absolute atomic E-state index is 13.3. The van der Waals surface area contributed by atoms with Gasteiger partial charge in [-0.15, -0.1) is 0 Å². The third-order valence-corrected chi connectivity index (χ3v) is 2.01. The Bertz CT molecular complexity index is 385. The zero-order chi connectivity index (χ0) is 10.7. The SMILES string of the molecule is C=C(C)CC(=O)c1cccc(Cl)c1F. The first kappa shape index (κ1) is 10.9. The van der Waals surface area contributed by atoms with E-state index in [9.17, 15) is 9.18 Å². The van der Waals surface area contributed by atoms with Crippen LogP contribution in [-0.4, -0.2) is 5.78 Å². The fourth-order valence-electron chi connectivity index (χ4n) is 1.09. The number of rotatable bonds is 3. The van der Waals surface area contributed by atoms with Crippen molar-refractivity contribution in [2.45, 2.75) is 13.3 Å². The van der Waals surface area contributed by atoms with Crippen molar-refractivity contribution < 1.29 is 9.18 Å². The van der Waals surface area contributed by atoms with E-state index in [0.717, 1.165) is 0 Å². The van der Waals surface area contributed by atoms with Gasteiger partial charge >= 0.3 is 0 Å². The van der Waals surface area contributed by atoms with Crippen LogP contribution in [-0.2, 0) is 0 Å². The lowest BCUT2D eigenvalue weighted by atomic mass is 10.0. The van der Waals surface area contributed by atoms with E-state index in [1.165, 1.54) is 12.1 Å². The first-order valence-electron chi connectivity index (χ1n) is 4.14. The molecule has 74 valence electrons. The van der Waals surface area contributed by atoms with Gasteiger partial charge in [0.2, 0.25) is 0 Å². The van der Waals surface area contributed by atoms with Crippen LogP contribution in [0.2, 0.25) is 5.02 Å². The van der Waals surface area contributed by atoms with Crippen LogP contribution in [0.1, 0.15) is 23.7 Å². The second-order valence-corrected chi connectivity index (χ2v) is 3.57. The van der Waals surface area contributed by atoms with Gasteiger partial charge in [-0.2, -0.15) is 0 Å². The monoisotopic (exact) mass is 212 g/mol. The average Bonchev–Trinajstić information content (AvgIpc) is 2.08. The molecular formula is C11H10ClFO. The molecule has 0 aromatic heterocycles. The van der Waals surface area contributed by atoms with Crippen molar-refractivity contribution in [2.24, 2.45) is 0 Å². The van der Waals surface area contributed by atoms with Crippen LogP contribution in [0.3, 0.4) is 0 Å². The van der Waals surface area contributed by atoms with Gasteiger partial charge in [0, 0.05) is 6.42 Å². The standard InChI is InChI=1S/C11H10ClFO/c1-7(2)6-10(14)8-4-3-5-9(12)11(8)13/h3-5H,1,6H2,2H3. The number of carbonyl (C=O) groups excluding carboxylic acids is 1. The molecular weight excluding hydrogens is 203 g/mol. The van der Waals surface area contributed by atoms with Crippen LogP contribution in [0.25, 0.3) is 0 Å². The summed E-state index contributed by atoms with van der Waals surface area (Å²) in [6, 6.07) is 4.39. The largest absolute Gasteiger partial charge is 0.294 e. The number of hydrogen-bond acceptors (Lipinski definition) is 1. The van der Waals surface area contributed by atoms with Crippen LogP contribution in [0.15, 0.2) is 30.4 Å². The molecule has 0 radical (unpaired) electrons.